The second-order valence-electron chi connectivity index (χ2n) is 5.62. The number of aromatic nitrogens is 2. The highest BCUT2D eigenvalue weighted by molar-refractivity contribution is 7.98. The van der Waals surface area contributed by atoms with Gasteiger partial charge in [0.05, 0.1) is 27.9 Å². The molecule has 0 amide bonds. The predicted octanol–water partition coefficient (Wildman–Crippen LogP) is 4.45. The van der Waals surface area contributed by atoms with Crippen LogP contribution >= 0.6 is 11.8 Å². The molecule has 0 spiro atoms. The van der Waals surface area contributed by atoms with Crippen molar-refractivity contribution in [1.29, 1.82) is 0 Å². The van der Waals surface area contributed by atoms with Gasteiger partial charge in [0, 0.05) is 16.9 Å². The van der Waals surface area contributed by atoms with Crippen molar-refractivity contribution in [2.24, 2.45) is 0 Å². The molecule has 28 heavy (non-hydrogen) atoms. The third kappa shape index (κ3) is 4.33. The Kier molecular flexibility index (Phi) is 6.65. The minimum absolute atomic E-state index is 0.375. The number of thioether (sulfide) groups is 1. The molecule has 0 unspecified atom stereocenters. The zero-order chi connectivity index (χ0) is 19.9. The fraction of sp³-hybridized carbons (Fsp3) is 0.300. The van der Waals surface area contributed by atoms with Crippen molar-refractivity contribution in [3.63, 3.8) is 0 Å². The van der Waals surface area contributed by atoms with Crippen molar-refractivity contribution in [2.45, 2.75) is 17.9 Å². The molecule has 0 fully saturated rings. The lowest BCUT2D eigenvalue weighted by Crippen LogP contribution is -1.95. The molecule has 8 heteroatoms. The fourth-order valence-corrected chi connectivity index (χ4v) is 3.40. The first-order valence-corrected chi connectivity index (χ1v) is 9.66. The van der Waals surface area contributed by atoms with Gasteiger partial charge in [-0.1, -0.05) is 30.0 Å². The largest absolute Gasteiger partial charge is 0.494 e. The van der Waals surface area contributed by atoms with E-state index >= 15 is 0 Å². The first-order valence-electron chi connectivity index (χ1n) is 8.67. The third-order valence-electron chi connectivity index (χ3n) is 3.94. The summed E-state index contributed by atoms with van der Waals surface area (Å²) in [5.41, 5.74) is 1.76. The van der Waals surface area contributed by atoms with Crippen molar-refractivity contribution in [2.75, 3.05) is 27.9 Å². The van der Waals surface area contributed by atoms with Crippen molar-refractivity contribution >= 4 is 11.8 Å². The van der Waals surface area contributed by atoms with E-state index in [1.165, 1.54) is 11.8 Å². The molecule has 0 saturated carbocycles. The molecule has 0 N–H and O–H groups in total. The molecular weight excluding hydrogens is 380 g/mol. The van der Waals surface area contributed by atoms with Gasteiger partial charge in [0.1, 0.15) is 5.75 Å². The highest BCUT2D eigenvalue weighted by Crippen LogP contribution is 2.41. The lowest BCUT2D eigenvalue weighted by atomic mass is 10.2. The molecule has 3 rings (SSSR count). The van der Waals surface area contributed by atoms with Crippen LogP contribution in [0.25, 0.3) is 11.5 Å². The molecule has 0 aliphatic heterocycles. The standard InChI is InChI=1S/C20H22N2O5S/c1-5-26-15-9-7-6-8-13(15)12-28-20-22-21-19(27-20)14-10-16(23-2)18(25-4)17(11-14)24-3/h6-11H,5,12H2,1-4H3. The van der Waals surface area contributed by atoms with Crippen LogP contribution in [0.5, 0.6) is 23.0 Å². The molecule has 0 aliphatic carbocycles. The van der Waals surface area contributed by atoms with Gasteiger partial charge >= 0.3 is 0 Å². The van der Waals surface area contributed by atoms with Crippen LogP contribution in [0.1, 0.15) is 12.5 Å². The van der Waals surface area contributed by atoms with Crippen LogP contribution in [-0.4, -0.2) is 38.1 Å². The van der Waals surface area contributed by atoms with Gasteiger partial charge in [-0.25, -0.2) is 0 Å². The molecule has 0 atom stereocenters. The summed E-state index contributed by atoms with van der Waals surface area (Å²) in [4.78, 5) is 0. The summed E-state index contributed by atoms with van der Waals surface area (Å²) in [6.45, 7) is 2.58. The maximum absolute atomic E-state index is 5.81. The van der Waals surface area contributed by atoms with Crippen LogP contribution < -0.4 is 18.9 Å². The Balaban J connectivity index is 1.79. The molecule has 0 radical (unpaired) electrons. The summed E-state index contributed by atoms with van der Waals surface area (Å²) in [5.74, 6) is 3.45. The number of hydrogen-bond acceptors (Lipinski definition) is 8. The lowest BCUT2D eigenvalue weighted by molar-refractivity contribution is 0.324. The van der Waals surface area contributed by atoms with Gasteiger partial charge in [0.15, 0.2) is 11.5 Å². The zero-order valence-electron chi connectivity index (χ0n) is 16.2. The number of hydrogen-bond donors (Lipinski definition) is 0. The summed E-state index contributed by atoms with van der Waals surface area (Å²) in [5, 5.41) is 8.74. The maximum Gasteiger partial charge on any atom is 0.277 e. The Morgan fingerprint density at radius 3 is 2.29 bits per heavy atom. The number of benzene rings is 2. The summed E-state index contributed by atoms with van der Waals surface area (Å²) < 4.78 is 27.6. The van der Waals surface area contributed by atoms with E-state index in [0.29, 0.717) is 46.3 Å². The van der Waals surface area contributed by atoms with Gasteiger partial charge in [-0.2, -0.15) is 0 Å². The fourth-order valence-electron chi connectivity index (χ4n) is 2.65. The van der Waals surface area contributed by atoms with E-state index in [4.69, 9.17) is 23.4 Å². The first kappa shape index (κ1) is 19.9. The summed E-state index contributed by atoms with van der Waals surface area (Å²) in [7, 11) is 4.68. The van der Waals surface area contributed by atoms with Crippen molar-refractivity contribution in [1.82, 2.24) is 10.2 Å². The molecule has 2 aromatic carbocycles. The SMILES string of the molecule is CCOc1ccccc1CSc1nnc(-c2cc(OC)c(OC)c(OC)c2)o1. The molecule has 0 aliphatic rings. The average molecular weight is 402 g/mol. The van der Waals surface area contributed by atoms with Crippen molar-refractivity contribution in [3.8, 4) is 34.5 Å². The van der Waals surface area contributed by atoms with Crippen LogP contribution in [0.4, 0.5) is 0 Å². The van der Waals surface area contributed by atoms with E-state index in [1.54, 1.807) is 33.5 Å². The zero-order valence-corrected chi connectivity index (χ0v) is 17.0. The van der Waals surface area contributed by atoms with Gasteiger partial charge < -0.3 is 23.4 Å². The van der Waals surface area contributed by atoms with Crippen molar-refractivity contribution < 1.29 is 23.4 Å². The summed E-state index contributed by atoms with van der Waals surface area (Å²) in [6, 6.07) is 11.5. The lowest BCUT2D eigenvalue weighted by Gasteiger charge is -2.12. The Bertz CT molecular complexity index is 903. The summed E-state index contributed by atoms with van der Waals surface area (Å²) in [6.07, 6.45) is 0. The number of nitrogens with zero attached hydrogens (tertiary/aromatic N) is 2. The Morgan fingerprint density at radius 1 is 0.929 bits per heavy atom. The number of ether oxygens (including phenoxy) is 4. The second-order valence-corrected chi connectivity index (χ2v) is 6.54. The van der Waals surface area contributed by atoms with Crippen LogP contribution in [0.3, 0.4) is 0 Å². The monoisotopic (exact) mass is 402 g/mol. The van der Waals surface area contributed by atoms with Crippen LogP contribution in [0.2, 0.25) is 0 Å². The number of methoxy groups -OCH3 is 3. The quantitative estimate of drug-likeness (QED) is 0.486. The maximum atomic E-state index is 5.81. The van der Waals surface area contributed by atoms with E-state index in [1.807, 2.05) is 31.2 Å². The molecule has 0 saturated heterocycles. The second kappa shape index (κ2) is 9.36. The van der Waals surface area contributed by atoms with Crippen LogP contribution in [0, 0.1) is 0 Å². The number of rotatable bonds is 9. The molecule has 1 aromatic heterocycles. The molecule has 3 aromatic rings. The van der Waals surface area contributed by atoms with Crippen LogP contribution in [-0.2, 0) is 5.75 Å². The van der Waals surface area contributed by atoms with Gasteiger partial charge in [0.2, 0.25) is 11.6 Å². The molecular formula is C20H22N2O5S. The van der Waals surface area contributed by atoms with E-state index in [0.717, 1.165) is 11.3 Å². The van der Waals surface area contributed by atoms with E-state index in [2.05, 4.69) is 10.2 Å². The normalized spacial score (nSPS) is 10.6. The van der Waals surface area contributed by atoms with E-state index in [-0.39, 0.29) is 0 Å². The van der Waals surface area contributed by atoms with Gasteiger partial charge in [-0.15, -0.1) is 10.2 Å². The smallest absolute Gasteiger partial charge is 0.277 e. The highest BCUT2D eigenvalue weighted by Gasteiger charge is 2.18. The summed E-state index contributed by atoms with van der Waals surface area (Å²) >= 11 is 1.45. The van der Waals surface area contributed by atoms with Crippen molar-refractivity contribution in [3.05, 3.63) is 42.0 Å². The van der Waals surface area contributed by atoms with Crippen LogP contribution in [0.15, 0.2) is 46.0 Å². The molecule has 1 heterocycles. The third-order valence-corrected chi connectivity index (χ3v) is 4.81. The number of para-hydroxylation sites is 1. The Hall–Kier alpha value is -2.87. The van der Waals surface area contributed by atoms with Gasteiger partial charge in [-0.3, -0.25) is 0 Å². The van der Waals surface area contributed by atoms with Gasteiger partial charge in [0.25, 0.3) is 5.22 Å². The first-order chi connectivity index (χ1) is 13.7. The predicted molar refractivity (Wildman–Crippen MR) is 107 cm³/mol. The topological polar surface area (TPSA) is 75.8 Å². The highest BCUT2D eigenvalue weighted by atomic mass is 32.2. The average Bonchev–Trinajstić information content (AvgIpc) is 3.21. The van der Waals surface area contributed by atoms with E-state index < -0.39 is 0 Å². The molecule has 148 valence electrons. The molecule has 0 bridgehead atoms. The Labute approximate surface area is 168 Å². The minimum Gasteiger partial charge on any atom is -0.494 e. The van der Waals surface area contributed by atoms with Gasteiger partial charge in [-0.05, 0) is 25.1 Å². The van der Waals surface area contributed by atoms with E-state index in [9.17, 15) is 0 Å². The minimum atomic E-state index is 0.375. The molecule has 7 nitrogen and oxygen atoms in total. The Morgan fingerprint density at radius 2 is 1.64 bits per heavy atom.